The number of hydrogen-bond acceptors (Lipinski definition) is 4. The molecule has 1 aromatic carbocycles. The second kappa shape index (κ2) is 8.00. The number of rotatable bonds is 5. The molecule has 0 saturated carbocycles. The van der Waals surface area contributed by atoms with Gasteiger partial charge in [0.15, 0.2) is 0 Å². The number of benzene rings is 1. The molecule has 1 aliphatic heterocycles. The number of amides is 1. The first-order valence-electron chi connectivity index (χ1n) is 9.54. The summed E-state index contributed by atoms with van der Waals surface area (Å²) >= 11 is 0. The Hall–Kier alpha value is -2.90. The van der Waals surface area contributed by atoms with E-state index in [1.54, 1.807) is 29.2 Å². The number of nitrogens with zero attached hydrogens (tertiary/aromatic N) is 2. The van der Waals surface area contributed by atoms with E-state index in [1.807, 2.05) is 13.8 Å². The van der Waals surface area contributed by atoms with Gasteiger partial charge in [0.2, 0.25) is 5.91 Å². The van der Waals surface area contributed by atoms with Crippen molar-refractivity contribution in [2.45, 2.75) is 39.2 Å². The third-order valence-electron chi connectivity index (χ3n) is 5.28. The third kappa shape index (κ3) is 3.85. The summed E-state index contributed by atoms with van der Waals surface area (Å²) in [5, 5.41) is 9.50. The number of aromatic amines is 1. The Morgan fingerprint density at radius 2 is 1.82 bits per heavy atom. The largest absolute Gasteiger partial charge is 0.481 e. The van der Waals surface area contributed by atoms with Gasteiger partial charge in [-0.05, 0) is 37.3 Å². The predicted octanol–water partition coefficient (Wildman–Crippen LogP) is 1.60. The molecular weight excluding hydrogens is 362 g/mol. The third-order valence-corrected chi connectivity index (χ3v) is 5.28. The van der Waals surface area contributed by atoms with Gasteiger partial charge in [-0.25, -0.2) is 9.36 Å². The van der Waals surface area contributed by atoms with Crippen LogP contribution in [0.5, 0.6) is 0 Å². The normalized spacial score (nSPS) is 16.5. The first-order chi connectivity index (χ1) is 13.3. The van der Waals surface area contributed by atoms with Crippen LogP contribution in [0, 0.1) is 11.8 Å². The first-order valence-corrected chi connectivity index (χ1v) is 9.54. The van der Waals surface area contributed by atoms with Crippen LogP contribution in [0.1, 0.15) is 39.2 Å². The summed E-state index contributed by atoms with van der Waals surface area (Å²) in [5.41, 5.74) is -0.659. The average Bonchev–Trinajstić information content (AvgIpc) is 2.66. The van der Waals surface area contributed by atoms with E-state index in [9.17, 15) is 19.2 Å². The van der Waals surface area contributed by atoms with Gasteiger partial charge in [0.25, 0.3) is 5.56 Å². The fraction of sp³-hybridized carbons (Fsp3) is 0.500. The summed E-state index contributed by atoms with van der Waals surface area (Å²) in [6.45, 7) is 4.48. The monoisotopic (exact) mass is 387 g/mol. The van der Waals surface area contributed by atoms with Crippen molar-refractivity contribution in [3.63, 3.8) is 0 Å². The number of aromatic nitrogens is 2. The van der Waals surface area contributed by atoms with Crippen LogP contribution in [0.25, 0.3) is 10.9 Å². The van der Waals surface area contributed by atoms with Crippen LogP contribution in [-0.2, 0) is 9.59 Å². The van der Waals surface area contributed by atoms with Gasteiger partial charge in [0, 0.05) is 13.1 Å². The molecule has 2 heterocycles. The van der Waals surface area contributed by atoms with Gasteiger partial charge >= 0.3 is 11.7 Å². The second-order valence-electron chi connectivity index (χ2n) is 7.73. The molecule has 8 heteroatoms. The Labute approximate surface area is 161 Å². The van der Waals surface area contributed by atoms with Crippen molar-refractivity contribution in [3.05, 3.63) is 45.1 Å². The lowest BCUT2D eigenvalue weighted by Crippen LogP contribution is -2.48. The van der Waals surface area contributed by atoms with Crippen LogP contribution >= 0.6 is 0 Å². The zero-order valence-corrected chi connectivity index (χ0v) is 16.1. The molecule has 3 rings (SSSR count). The Kier molecular flexibility index (Phi) is 5.67. The molecule has 150 valence electrons. The lowest BCUT2D eigenvalue weighted by molar-refractivity contribution is -0.146. The smallest absolute Gasteiger partial charge is 0.329 e. The summed E-state index contributed by atoms with van der Waals surface area (Å²) in [6.07, 6.45) is 1.09. The zero-order chi connectivity index (χ0) is 20.4. The fourth-order valence-corrected chi connectivity index (χ4v) is 3.78. The van der Waals surface area contributed by atoms with Gasteiger partial charge in [-0.3, -0.25) is 14.4 Å². The summed E-state index contributed by atoms with van der Waals surface area (Å²) in [4.78, 5) is 54.3. The highest BCUT2D eigenvalue weighted by atomic mass is 16.4. The lowest BCUT2D eigenvalue weighted by Gasteiger charge is -2.33. The quantitative estimate of drug-likeness (QED) is 0.809. The number of H-pyrrole nitrogens is 1. The van der Waals surface area contributed by atoms with Gasteiger partial charge in [-0.15, -0.1) is 0 Å². The maximum atomic E-state index is 13.2. The fourth-order valence-electron chi connectivity index (χ4n) is 3.78. The number of para-hydroxylation sites is 1. The van der Waals surface area contributed by atoms with Gasteiger partial charge in [-0.1, -0.05) is 26.0 Å². The minimum absolute atomic E-state index is 0.0864. The van der Waals surface area contributed by atoms with Crippen molar-refractivity contribution in [1.82, 2.24) is 14.5 Å². The number of piperidine rings is 1. The molecule has 0 spiro atoms. The molecule has 2 aromatic rings. The molecular formula is C20H25N3O5. The maximum Gasteiger partial charge on any atom is 0.329 e. The molecule has 2 N–H and O–H groups in total. The highest BCUT2D eigenvalue weighted by Crippen LogP contribution is 2.23. The number of carboxylic acids is 1. The Balaban J connectivity index is 1.98. The van der Waals surface area contributed by atoms with E-state index in [4.69, 9.17) is 5.11 Å². The maximum absolute atomic E-state index is 13.2. The zero-order valence-electron chi connectivity index (χ0n) is 16.1. The van der Waals surface area contributed by atoms with Crippen LogP contribution in [0.15, 0.2) is 33.9 Å². The van der Waals surface area contributed by atoms with Crippen molar-refractivity contribution in [2.75, 3.05) is 13.1 Å². The van der Waals surface area contributed by atoms with Gasteiger partial charge in [-0.2, -0.15) is 0 Å². The molecule has 0 bridgehead atoms. The molecule has 8 nitrogen and oxygen atoms in total. The Morgan fingerprint density at radius 1 is 1.18 bits per heavy atom. The van der Waals surface area contributed by atoms with Crippen LogP contribution < -0.4 is 11.2 Å². The van der Waals surface area contributed by atoms with Crippen molar-refractivity contribution < 1.29 is 14.7 Å². The molecule has 0 radical (unpaired) electrons. The lowest BCUT2D eigenvalue weighted by atomic mass is 9.95. The summed E-state index contributed by atoms with van der Waals surface area (Å²) in [6, 6.07) is 5.80. The Bertz CT molecular complexity index is 999. The van der Waals surface area contributed by atoms with Gasteiger partial charge in [0.05, 0.1) is 16.8 Å². The van der Waals surface area contributed by atoms with E-state index in [2.05, 4.69) is 4.98 Å². The number of fused-ring (bicyclic) bond motifs is 1. The summed E-state index contributed by atoms with van der Waals surface area (Å²) < 4.78 is 1.02. The van der Waals surface area contributed by atoms with Crippen LogP contribution in [0.4, 0.5) is 0 Å². The topological polar surface area (TPSA) is 112 Å². The summed E-state index contributed by atoms with van der Waals surface area (Å²) in [7, 11) is 0. The van der Waals surface area contributed by atoms with Gasteiger partial charge < -0.3 is 15.0 Å². The molecule has 1 unspecified atom stereocenters. The highest BCUT2D eigenvalue weighted by molar-refractivity contribution is 5.82. The van der Waals surface area contributed by atoms with Crippen molar-refractivity contribution in [3.8, 4) is 0 Å². The predicted molar refractivity (Wildman–Crippen MR) is 104 cm³/mol. The van der Waals surface area contributed by atoms with Gasteiger partial charge in [0.1, 0.15) is 6.04 Å². The van der Waals surface area contributed by atoms with Crippen molar-refractivity contribution >= 4 is 22.8 Å². The molecule has 28 heavy (non-hydrogen) atoms. The van der Waals surface area contributed by atoms with E-state index in [1.165, 1.54) is 0 Å². The van der Waals surface area contributed by atoms with E-state index >= 15 is 0 Å². The van der Waals surface area contributed by atoms with Crippen molar-refractivity contribution in [2.24, 2.45) is 11.8 Å². The minimum atomic E-state index is -0.915. The molecule has 1 saturated heterocycles. The van der Waals surface area contributed by atoms with E-state index in [0.29, 0.717) is 43.3 Å². The number of carboxylic acid groups (broad SMARTS) is 1. The number of nitrogens with one attached hydrogen (secondary N) is 1. The molecule has 1 amide bonds. The number of carbonyl (C=O) groups is 2. The minimum Gasteiger partial charge on any atom is -0.481 e. The standard InChI is InChI=1S/C20H25N3O5/c1-12(2)11-16(18(25)22-9-7-13(8-10-22)19(26)27)23-17(24)14-5-3-4-6-15(14)21-20(23)28/h3-6,12-13,16H,7-11H2,1-2H3,(H,21,28)(H,26,27). The highest BCUT2D eigenvalue weighted by Gasteiger charge is 2.33. The number of likely N-dealkylation sites (tertiary alicyclic amines) is 1. The van der Waals surface area contributed by atoms with Crippen molar-refractivity contribution in [1.29, 1.82) is 0 Å². The molecule has 1 fully saturated rings. The summed E-state index contributed by atoms with van der Waals surface area (Å²) in [5.74, 6) is -1.53. The van der Waals surface area contributed by atoms with E-state index < -0.39 is 29.2 Å². The van der Waals surface area contributed by atoms with Crippen LogP contribution in [0.2, 0.25) is 0 Å². The van der Waals surface area contributed by atoms with E-state index in [-0.39, 0.29) is 11.8 Å². The van der Waals surface area contributed by atoms with E-state index in [0.717, 1.165) is 4.57 Å². The SMILES string of the molecule is CC(C)CC(C(=O)N1CCC(C(=O)O)CC1)n1c(=O)[nH]c2ccccc2c1=O. The molecule has 1 aromatic heterocycles. The second-order valence-corrected chi connectivity index (χ2v) is 7.73. The average molecular weight is 387 g/mol. The molecule has 1 atom stereocenters. The molecule has 1 aliphatic rings. The van der Waals surface area contributed by atoms with Crippen LogP contribution in [0.3, 0.4) is 0 Å². The number of carbonyl (C=O) groups excluding carboxylic acids is 1. The molecule has 0 aliphatic carbocycles. The van der Waals surface area contributed by atoms with Crippen LogP contribution in [-0.4, -0.2) is 44.5 Å². The Morgan fingerprint density at radius 3 is 2.43 bits per heavy atom. The number of hydrogen-bond donors (Lipinski definition) is 2. The first kappa shape index (κ1) is 19.9. The number of aliphatic carboxylic acids is 1.